The molecule has 1 heterocycles. The molecule has 0 bridgehead atoms. The van der Waals surface area contributed by atoms with Crippen LogP contribution < -0.4 is 4.72 Å². The minimum Gasteiger partial charge on any atom is -0.334 e. The van der Waals surface area contributed by atoms with Crippen LogP contribution in [0.3, 0.4) is 0 Å². The number of hydrogen-bond donors (Lipinski definition) is 1. The number of nitrogens with one attached hydrogen (secondary N) is 1. The Hall–Kier alpha value is -1.05. The summed E-state index contributed by atoms with van der Waals surface area (Å²) >= 11 is 9.15. The molecular weight excluding hydrogens is 378 g/mol. The van der Waals surface area contributed by atoms with Gasteiger partial charge in [0.25, 0.3) is 10.0 Å². The summed E-state index contributed by atoms with van der Waals surface area (Å²) in [5.41, 5.74) is 0.425. The maximum Gasteiger partial charge on any atom is 0.280 e. The zero-order valence-corrected chi connectivity index (χ0v) is 14.8. The monoisotopic (exact) mass is 391 g/mol. The summed E-state index contributed by atoms with van der Waals surface area (Å²) in [6, 6.07) is 4.82. The third-order valence-corrected chi connectivity index (χ3v) is 5.33. The van der Waals surface area contributed by atoms with Gasteiger partial charge in [-0.1, -0.05) is 18.5 Å². The minimum atomic E-state index is -3.71. The van der Waals surface area contributed by atoms with Crippen molar-refractivity contribution in [1.29, 1.82) is 0 Å². The topological polar surface area (TPSA) is 64.0 Å². The second-order valence-electron chi connectivity index (χ2n) is 4.55. The molecule has 0 aliphatic heterocycles. The summed E-state index contributed by atoms with van der Waals surface area (Å²) in [7, 11) is -3.71. The normalized spacial score (nSPS) is 11.6. The van der Waals surface area contributed by atoms with Crippen LogP contribution in [0, 0.1) is 6.92 Å². The quantitative estimate of drug-likeness (QED) is 0.841. The molecule has 1 aromatic heterocycles. The van der Waals surface area contributed by atoms with E-state index in [1.54, 1.807) is 31.3 Å². The third-order valence-electron chi connectivity index (χ3n) is 2.87. The lowest BCUT2D eigenvalue weighted by Crippen LogP contribution is -2.13. The van der Waals surface area contributed by atoms with Gasteiger partial charge < -0.3 is 4.57 Å². The van der Waals surface area contributed by atoms with Crippen molar-refractivity contribution in [3.63, 3.8) is 0 Å². The Morgan fingerprint density at radius 3 is 2.76 bits per heavy atom. The van der Waals surface area contributed by atoms with Crippen molar-refractivity contribution in [2.75, 3.05) is 4.72 Å². The molecule has 0 saturated carbocycles. The number of aromatic nitrogens is 2. The van der Waals surface area contributed by atoms with Crippen LogP contribution in [0.4, 0.5) is 5.69 Å². The van der Waals surface area contributed by atoms with E-state index in [1.165, 1.54) is 0 Å². The Bertz CT molecular complexity index is 759. The molecule has 114 valence electrons. The molecule has 8 heteroatoms. The Labute approximate surface area is 137 Å². The first kappa shape index (κ1) is 16.3. The average Bonchev–Trinajstić information content (AvgIpc) is 2.77. The predicted octanol–water partition coefficient (Wildman–Crippen LogP) is 3.82. The van der Waals surface area contributed by atoms with Gasteiger partial charge in [0.2, 0.25) is 0 Å². The molecule has 1 N–H and O–H groups in total. The maximum absolute atomic E-state index is 12.3. The number of halogens is 2. The number of rotatable bonds is 5. The fraction of sp³-hybridized carbons (Fsp3) is 0.308. The zero-order chi connectivity index (χ0) is 15.6. The molecule has 1 aromatic carbocycles. The van der Waals surface area contributed by atoms with Crippen LogP contribution >= 0.6 is 27.5 Å². The summed E-state index contributed by atoms with van der Waals surface area (Å²) < 4.78 is 29.6. The molecule has 2 rings (SSSR count). The van der Waals surface area contributed by atoms with Gasteiger partial charge in [-0.15, -0.1) is 0 Å². The molecule has 5 nitrogen and oxygen atoms in total. The molecule has 21 heavy (non-hydrogen) atoms. The number of benzene rings is 1. The van der Waals surface area contributed by atoms with Gasteiger partial charge in [0.15, 0.2) is 5.03 Å². The summed E-state index contributed by atoms with van der Waals surface area (Å²) in [4.78, 5) is 4.11. The van der Waals surface area contributed by atoms with Crippen LogP contribution in [-0.4, -0.2) is 18.0 Å². The highest BCUT2D eigenvalue weighted by atomic mass is 79.9. The molecule has 0 unspecified atom stereocenters. The minimum absolute atomic E-state index is 0.0134. The van der Waals surface area contributed by atoms with Crippen LogP contribution in [0.25, 0.3) is 0 Å². The Morgan fingerprint density at radius 1 is 1.43 bits per heavy atom. The molecule has 0 atom stereocenters. The fourth-order valence-corrected chi connectivity index (χ4v) is 3.40. The van der Waals surface area contributed by atoms with Gasteiger partial charge in [0, 0.05) is 17.2 Å². The standard InChI is InChI=1S/C13H15BrClN3O2S/c1-3-6-18-8-13(16-9(18)2)21(19,20)17-10-4-5-12(15)11(14)7-10/h4-5,7-8,17H,3,6H2,1-2H3. The highest BCUT2D eigenvalue weighted by Gasteiger charge is 2.19. The highest BCUT2D eigenvalue weighted by molar-refractivity contribution is 9.10. The molecule has 0 aliphatic rings. The Balaban J connectivity index is 2.29. The van der Waals surface area contributed by atoms with E-state index in [0.29, 0.717) is 21.0 Å². The lowest BCUT2D eigenvalue weighted by molar-refractivity contribution is 0.597. The van der Waals surface area contributed by atoms with E-state index in [0.717, 1.165) is 13.0 Å². The van der Waals surface area contributed by atoms with Crippen molar-refractivity contribution in [3.8, 4) is 0 Å². The van der Waals surface area contributed by atoms with Crippen molar-refractivity contribution < 1.29 is 8.42 Å². The van der Waals surface area contributed by atoms with E-state index < -0.39 is 10.0 Å². The van der Waals surface area contributed by atoms with E-state index in [1.807, 2.05) is 11.5 Å². The van der Waals surface area contributed by atoms with Crippen molar-refractivity contribution in [1.82, 2.24) is 9.55 Å². The lowest BCUT2D eigenvalue weighted by Gasteiger charge is -2.06. The number of imidazole rings is 1. The van der Waals surface area contributed by atoms with Crippen LogP contribution in [0.2, 0.25) is 5.02 Å². The van der Waals surface area contributed by atoms with E-state index in [2.05, 4.69) is 25.6 Å². The number of sulfonamides is 1. The van der Waals surface area contributed by atoms with Gasteiger partial charge >= 0.3 is 0 Å². The first-order chi connectivity index (χ1) is 9.83. The van der Waals surface area contributed by atoms with E-state index in [9.17, 15) is 8.42 Å². The average molecular weight is 393 g/mol. The highest BCUT2D eigenvalue weighted by Crippen LogP contribution is 2.26. The fourth-order valence-electron chi connectivity index (χ4n) is 1.84. The van der Waals surface area contributed by atoms with E-state index in [-0.39, 0.29) is 5.03 Å². The van der Waals surface area contributed by atoms with Gasteiger partial charge in [-0.3, -0.25) is 4.72 Å². The molecule has 0 aliphatic carbocycles. The van der Waals surface area contributed by atoms with Crippen molar-refractivity contribution in [3.05, 3.63) is 39.7 Å². The second kappa shape index (κ2) is 6.37. The summed E-state index contributed by atoms with van der Waals surface area (Å²) in [5, 5.41) is 0.528. The smallest absolute Gasteiger partial charge is 0.280 e. The van der Waals surface area contributed by atoms with Crippen molar-refractivity contribution >= 4 is 43.2 Å². The van der Waals surface area contributed by atoms with Gasteiger partial charge in [-0.25, -0.2) is 4.98 Å². The molecule has 0 spiro atoms. The molecular formula is C13H15BrClN3O2S. The van der Waals surface area contributed by atoms with E-state index in [4.69, 9.17) is 11.6 Å². The van der Waals surface area contributed by atoms with Crippen LogP contribution in [0.15, 0.2) is 33.9 Å². The molecule has 2 aromatic rings. The van der Waals surface area contributed by atoms with Crippen LogP contribution in [0.5, 0.6) is 0 Å². The van der Waals surface area contributed by atoms with Gasteiger partial charge in [0.05, 0.1) is 10.7 Å². The first-order valence-electron chi connectivity index (χ1n) is 6.35. The second-order valence-corrected chi connectivity index (χ2v) is 7.44. The molecule has 0 radical (unpaired) electrons. The van der Waals surface area contributed by atoms with Crippen molar-refractivity contribution in [2.24, 2.45) is 0 Å². The van der Waals surface area contributed by atoms with Crippen molar-refractivity contribution in [2.45, 2.75) is 31.8 Å². The van der Waals surface area contributed by atoms with Gasteiger partial charge in [-0.2, -0.15) is 8.42 Å². The zero-order valence-electron chi connectivity index (χ0n) is 11.6. The third kappa shape index (κ3) is 3.78. The first-order valence-corrected chi connectivity index (χ1v) is 9.00. The summed E-state index contributed by atoms with van der Waals surface area (Å²) in [5.74, 6) is 0.675. The number of hydrogen-bond acceptors (Lipinski definition) is 3. The van der Waals surface area contributed by atoms with Crippen LogP contribution in [0.1, 0.15) is 19.2 Å². The molecule has 0 amide bonds. The number of nitrogens with zero attached hydrogens (tertiary/aromatic N) is 2. The van der Waals surface area contributed by atoms with Gasteiger partial charge in [0.1, 0.15) is 5.82 Å². The number of anilines is 1. The number of aryl methyl sites for hydroxylation is 2. The molecule has 0 saturated heterocycles. The summed E-state index contributed by atoms with van der Waals surface area (Å²) in [6.07, 6.45) is 2.46. The maximum atomic E-state index is 12.3. The van der Waals surface area contributed by atoms with Gasteiger partial charge in [-0.05, 0) is 47.5 Å². The Morgan fingerprint density at radius 2 is 2.14 bits per heavy atom. The molecule has 0 fully saturated rings. The summed E-state index contributed by atoms with van der Waals surface area (Å²) in [6.45, 7) is 4.55. The van der Waals surface area contributed by atoms with E-state index >= 15 is 0 Å². The largest absolute Gasteiger partial charge is 0.334 e. The predicted molar refractivity (Wildman–Crippen MR) is 87.2 cm³/mol. The lowest BCUT2D eigenvalue weighted by atomic mass is 10.3. The van der Waals surface area contributed by atoms with Crippen LogP contribution in [-0.2, 0) is 16.6 Å². The SMILES string of the molecule is CCCn1cc(S(=O)(=O)Nc2ccc(Cl)c(Br)c2)nc1C. The Kier molecular flexibility index (Phi) is 4.95.